The van der Waals surface area contributed by atoms with E-state index < -0.39 is 11.4 Å². The molecule has 2 rings (SSSR count). The average molecular weight is 293 g/mol. The number of carboxylic acid groups (broad SMARTS) is 1. The van der Waals surface area contributed by atoms with E-state index in [0.717, 1.165) is 25.7 Å². The summed E-state index contributed by atoms with van der Waals surface area (Å²) in [5.41, 5.74) is -0.899. The lowest BCUT2D eigenvalue weighted by atomic mass is 9.77. The predicted octanol–water partition coefficient (Wildman–Crippen LogP) is 3.27. The molecule has 1 aliphatic carbocycles. The van der Waals surface area contributed by atoms with Gasteiger partial charge in [-0.1, -0.05) is 25.7 Å². The molecule has 116 valence electrons. The maximum absolute atomic E-state index is 12.2. The normalized spacial score (nSPS) is 19.5. The minimum atomic E-state index is -0.899. The number of carbonyl (C=O) groups is 2. The van der Waals surface area contributed by atoms with Gasteiger partial charge in [0, 0.05) is 6.42 Å². The number of hydrogen-bond donors (Lipinski definition) is 2. The van der Waals surface area contributed by atoms with Crippen molar-refractivity contribution in [3.8, 4) is 0 Å². The zero-order valence-corrected chi connectivity index (χ0v) is 12.4. The first-order valence-corrected chi connectivity index (χ1v) is 7.60. The summed E-state index contributed by atoms with van der Waals surface area (Å²) in [5, 5.41) is 12.4. The van der Waals surface area contributed by atoms with E-state index in [4.69, 9.17) is 4.42 Å². The molecule has 1 amide bonds. The van der Waals surface area contributed by atoms with Crippen molar-refractivity contribution in [2.75, 3.05) is 0 Å². The quantitative estimate of drug-likeness (QED) is 0.816. The molecule has 1 aliphatic rings. The Morgan fingerprint density at radius 2 is 2.00 bits per heavy atom. The Bertz CT molecular complexity index is 472. The van der Waals surface area contributed by atoms with Crippen LogP contribution in [0.25, 0.3) is 0 Å². The van der Waals surface area contributed by atoms with E-state index in [-0.39, 0.29) is 18.4 Å². The van der Waals surface area contributed by atoms with E-state index in [0.29, 0.717) is 18.6 Å². The van der Waals surface area contributed by atoms with Gasteiger partial charge in [0.05, 0.1) is 17.7 Å². The first kappa shape index (κ1) is 15.6. The molecule has 2 N–H and O–H groups in total. The molecule has 0 unspecified atom stereocenters. The molecule has 0 saturated heterocycles. The van der Waals surface area contributed by atoms with E-state index in [2.05, 4.69) is 5.32 Å². The predicted molar refractivity (Wildman–Crippen MR) is 77.7 cm³/mol. The van der Waals surface area contributed by atoms with Crippen molar-refractivity contribution in [3.05, 3.63) is 24.2 Å². The monoisotopic (exact) mass is 293 g/mol. The first-order chi connectivity index (χ1) is 10.0. The Labute approximate surface area is 124 Å². The van der Waals surface area contributed by atoms with Gasteiger partial charge >= 0.3 is 5.97 Å². The number of furan rings is 1. The molecule has 21 heavy (non-hydrogen) atoms. The fourth-order valence-corrected chi connectivity index (χ4v) is 3.08. The van der Waals surface area contributed by atoms with Gasteiger partial charge in [0.15, 0.2) is 0 Å². The van der Waals surface area contributed by atoms with Crippen molar-refractivity contribution in [3.63, 3.8) is 0 Å². The third-order valence-corrected chi connectivity index (χ3v) is 4.36. The van der Waals surface area contributed by atoms with Crippen LogP contribution < -0.4 is 5.32 Å². The van der Waals surface area contributed by atoms with Crippen LogP contribution in [0.3, 0.4) is 0 Å². The van der Waals surface area contributed by atoms with Gasteiger partial charge in [0.25, 0.3) is 0 Å². The number of aliphatic carboxylic acids is 1. The van der Waals surface area contributed by atoms with Crippen LogP contribution in [0.1, 0.15) is 63.7 Å². The highest BCUT2D eigenvalue weighted by molar-refractivity contribution is 5.85. The third-order valence-electron chi connectivity index (χ3n) is 4.36. The summed E-state index contributed by atoms with van der Waals surface area (Å²) < 4.78 is 5.25. The lowest BCUT2D eigenvalue weighted by molar-refractivity contribution is -0.153. The molecule has 0 aromatic carbocycles. The van der Waals surface area contributed by atoms with Crippen LogP contribution in [-0.2, 0) is 9.59 Å². The summed E-state index contributed by atoms with van der Waals surface area (Å²) in [5.74, 6) is -0.387. The van der Waals surface area contributed by atoms with Crippen LogP contribution in [0, 0.1) is 5.41 Å². The van der Waals surface area contributed by atoms with Crippen molar-refractivity contribution in [1.82, 2.24) is 5.32 Å². The van der Waals surface area contributed by atoms with Crippen molar-refractivity contribution in [2.24, 2.45) is 5.41 Å². The van der Waals surface area contributed by atoms with Crippen molar-refractivity contribution in [1.29, 1.82) is 0 Å². The van der Waals surface area contributed by atoms with Crippen LogP contribution in [0.15, 0.2) is 22.8 Å². The van der Waals surface area contributed by atoms with Gasteiger partial charge in [0.1, 0.15) is 5.76 Å². The standard InChI is InChI=1S/C16H23NO4/c1-12(13-7-6-10-21-13)17-14(18)11-16(15(19)20)8-4-2-3-5-9-16/h6-7,10,12H,2-5,8-9,11H2,1H3,(H,17,18)(H,19,20)/t12-/m1/s1. The molecule has 5 nitrogen and oxygen atoms in total. The minimum Gasteiger partial charge on any atom is -0.481 e. The average Bonchev–Trinajstić information content (AvgIpc) is 2.86. The molecule has 1 saturated carbocycles. The molecule has 5 heteroatoms. The van der Waals surface area contributed by atoms with Crippen LogP contribution in [-0.4, -0.2) is 17.0 Å². The highest BCUT2D eigenvalue weighted by atomic mass is 16.4. The highest BCUT2D eigenvalue weighted by Crippen LogP contribution is 2.38. The van der Waals surface area contributed by atoms with E-state index in [9.17, 15) is 14.7 Å². The Morgan fingerprint density at radius 3 is 2.52 bits per heavy atom. The largest absolute Gasteiger partial charge is 0.481 e. The topological polar surface area (TPSA) is 79.5 Å². The van der Waals surface area contributed by atoms with E-state index in [1.165, 1.54) is 0 Å². The van der Waals surface area contributed by atoms with Crippen molar-refractivity contribution >= 4 is 11.9 Å². The second-order valence-corrected chi connectivity index (χ2v) is 5.98. The SMILES string of the molecule is C[C@@H](NC(=O)CC1(C(=O)O)CCCCCC1)c1ccco1. The number of carboxylic acids is 1. The summed E-state index contributed by atoms with van der Waals surface area (Å²) in [7, 11) is 0. The summed E-state index contributed by atoms with van der Waals surface area (Å²) in [6.07, 6.45) is 6.66. The molecule has 1 atom stereocenters. The first-order valence-electron chi connectivity index (χ1n) is 7.60. The van der Waals surface area contributed by atoms with Crippen LogP contribution >= 0.6 is 0 Å². The van der Waals surface area contributed by atoms with Crippen molar-refractivity contribution in [2.45, 2.75) is 57.9 Å². The Morgan fingerprint density at radius 1 is 1.33 bits per heavy atom. The Hall–Kier alpha value is -1.78. The van der Waals surface area contributed by atoms with E-state index >= 15 is 0 Å². The second-order valence-electron chi connectivity index (χ2n) is 5.98. The molecular formula is C16H23NO4. The summed E-state index contributed by atoms with van der Waals surface area (Å²) in [6, 6.07) is 3.31. The van der Waals surface area contributed by atoms with Gasteiger partial charge in [-0.05, 0) is 31.9 Å². The molecule has 1 aromatic heterocycles. The Kier molecular flexibility index (Phi) is 5.04. The van der Waals surface area contributed by atoms with Crippen molar-refractivity contribution < 1.29 is 19.1 Å². The van der Waals surface area contributed by atoms with Gasteiger partial charge in [-0.25, -0.2) is 0 Å². The summed E-state index contributed by atoms with van der Waals surface area (Å²) >= 11 is 0. The van der Waals surface area contributed by atoms with Crippen LogP contribution in [0.4, 0.5) is 0 Å². The molecule has 1 fully saturated rings. The number of nitrogens with one attached hydrogen (secondary N) is 1. The molecule has 1 heterocycles. The Balaban J connectivity index is 1.99. The van der Waals surface area contributed by atoms with Crippen LogP contribution in [0.2, 0.25) is 0 Å². The van der Waals surface area contributed by atoms with Gasteiger partial charge in [-0.15, -0.1) is 0 Å². The molecule has 1 aromatic rings. The maximum atomic E-state index is 12.2. The number of hydrogen-bond acceptors (Lipinski definition) is 3. The van der Waals surface area contributed by atoms with Gasteiger partial charge < -0.3 is 14.8 Å². The molecular weight excluding hydrogens is 270 g/mol. The minimum absolute atomic E-state index is 0.0490. The van der Waals surface area contributed by atoms with Gasteiger partial charge in [0.2, 0.25) is 5.91 Å². The van der Waals surface area contributed by atoms with E-state index in [1.807, 2.05) is 6.92 Å². The van der Waals surface area contributed by atoms with E-state index in [1.54, 1.807) is 18.4 Å². The fourth-order valence-electron chi connectivity index (χ4n) is 3.08. The van der Waals surface area contributed by atoms with Gasteiger partial charge in [-0.2, -0.15) is 0 Å². The summed E-state index contributed by atoms with van der Waals surface area (Å²) in [4.78, 5) is 23.9. The zero-order valence-electron chi connectivity index (χ0n) is 12.4. The molecule has 0 bridgehead atoms. The molecule has 0 spiro atoms. The zero-order chi connectivity index (χ0) is 15.3. The maximum Gasteiger partial charge on any atom is 0.310 e. The lowest BCUT2D eigenvalue weighted by Gasteiger charge is -2.27. The lowest BCUT2D eigenvalue weighted by Crippen LogP contribution is -2.38. The number of carbonyl (C=O) groups excluding carboxylic acids is 1. The van der Waals surface area contributed by atoms with Gasteiger partial charge in [-0.3, -0.25) is 9.59 Å². The molecule has 0 aliphatic heterocycles. The fraction of sp³-hybridized carbons (Fsp3) is 0.625. The third kappa shape index (κ3) is 3.86. The number of rotatable bonds is 5. The highest BCUT2D eigenvalue weighted by Gasteiger charge is 2.40. The number of amides is 1. The molecule has 0 radical (unpaired) electrons. The van der Waals surface area contributed by atoms with Crippen LogP contribution in [0.5, 0.6) is 0 Å². The second kappa shape index (κ2) is 6.78. The smallest absolute Gasteiger partial charge is 0.310 e. The summed E-state index contributed by atoms with van der Waals surface area (Å²) in [6.45, 7) is 1.83.